The standard InChI is InChI=1S/C31H36BrFN2O2/c1-22(2)31(36)34-29-5-3-4-26(20-29)24-14-17-35(18-15-24)19-16-30(25-8-12-28(33)13-9-25)37-21-23-6-10-27(32)11-7-23/h3-13,20,22,24,30H,14-19,21H2,1-2H3,(H,34,36). The summed E-state index contributed by atoms with van der Waals surface area (Å²) >= 11 is 3.48. The summed E-state index contributed by atoms with van der Waals surface area (Å²) in [4.78, 5) is 14.6. The molecule has 0 aliphatic carbocycles. The molecule has 1 aliphatic rings. The van der Waals surface area contributed by atoms with Crippen LogP contribution < -0.4 is 5.32 Å². The van der Waals surface area contributed by atoms with Crippen molar-refractivity contribution in [3.05, 3.63) is 99.8 Å². The maximum absolute atomic E-state index is 13.5. The quantitative estimate of drug-likeness (QED) is 0.273. The fourth-order valence-corrected chi connectivity index (χ4v) is 5.01. The number of carbonyl (C=O) groups excluding carboxylic acids is 1. The van der Waals surface area contributed by atoms with Crippen LogP contribution >= 0.6 is 15.9 Å². The molecule has 0 saturated carbocycles. The first-order valence-electron chi connectivity index (χ1n) is 13.1. The minimum absolute atomic E-state index is 0.0375. The molecule has 4 rings (SSSR count). The van der Waals surface area contributed by atoms with Gasteiger partial charge in [-0.15, -0.1) is 0 Å². The van der Waals surface area contributed by atoms with Crippen molar-refractivity contribution < 1.29 is 13.9 Å². The van der Waals surface area contributed by atoms with Gasteiger partial charge in [-0.3, -0.25) is 4.79 Å². The molecule has 1 atom stereocenters. The lowest BCUT2D eigenvalue weighted by Crippen LogP contribution is -2.34. The van der Waals surface area contributed by atoms with Crippen LogP contribution in [0.25, 0.3) is 0 Å². The maximum atomic E-state index is 13.5. The monoisotopic (exact) mass is 566 g/mol. The molecule has 1 aliphatic heterocycles. The Hall–Kier alpha value is -2.54. The fraction of sp³-hybridized carbons (Fsp3) is 0.387. The molecule has 1 amide bonds. The average Bonchev–Trinajstić information content (AvgIpc) is 2.91. The van der Waals surface area contributed by atoms with E-state index in [1.807, 2.05) is 50.2 Å². The third kappa shape index (κ3) is 8.22. The first kappa shape index (κ1) is 27.5. The van der Waals surface area contributed by atoms with Crippen molar-refractivity contribution in [3.8, 4) is 0 Å². The first-order valence-corrected chi connectivity index (χ1v) is 13.9. The van der Waals surface area contributed by atoms with Gasteiger partial charge >= 0.3 is 0 Å². The number of likely N-dealkylation sites (tertiary alicyclic amines) is 1. The highest BCUT2D eigenvalue weighted by Gasteiger charge is 2.22. The molecule has 0 spiro atoms. The van der Waals surface area contributed by atoms with Crippen molar-refractivity contribution in [1.82, 2.24) is 4.90 Å². The van der Waals surface area contributed by atoms with Gasteiger partial charge in [0.15, 0.2) is 0 Å². The smallest absolute Gasteiger partial charge is 0.226 e. The second kappa shape index (κ2) is 13.3. The molecule has 1 fully saturated rings. The summed E-state index contributed by atoms with van der Waals surface area (Å²) in [5.74, 6) is 0.272. The Morgan fingerprint density at radius 1 is 1.05 bits per heavy atom. The number of rotatable bonds is 10. The van der Waals surface area contributed by atoms with Crippen LogP contribution in [0.5, 0.6) is 0 Å². The Bertz CT molecular complexity index is 1140. The molecular weight excluding hydrogens is 531 g/mol. The Labute approximate surface area is 228 Å². The van der Waals surface area contributed by atoms with Crippen molar-refractivity contribution in [2.45, 2.75) is 51.7 Å². The molecule has 6 heteroatoms. The molecule has 0 bridgehead atoms. The minimum Gasteiger partial charge on any atom is -0.369 e. The number of amides is 1. The zero-order chi connectivity index (χ0) is 26.2. The zero-order valence-electron chi connectivity index (χ0n) is 21.6. The van der Waals surface area contributed by atoms with Gasteiger partial charge in [0.2, 0.25) is 5.91 Å². The lowest BCUT2D eigenvalue weighted by Gasteiger charge is -2.33. The molecule has 1 saturated heterocycles. The van der Waals surface area contributed by atoms with Gasteiger partial charge in [-0.2, -0.15) is 0 Å². The van der Waals surface area contributed by atoms with Crippen molar-refractivity contribution >= 4 is 27.5 Å². The molecule has 196 valence electrons. The van der Waals surface area contributed by atoms with Gasteiger partial charge in [0, 0.05) is 22.6 Å². The van der Waals surface area contributed by atoms with Crippen molar-refractivity contribution in [3.63, 3.8) is 0 Å². The van der Waals surface area contributed by atoms with Crippen LogP contribution in [0.3, 0.4) is 0 Å². The molecule has 0 radical (unpaired) electrons. The van der Waals surface area contributed by atoms with Crippen LogP contribution in [0.1, 0.15) is 61.8 Å². The molecule has 0 aromatic heterocycles. The van der Waals surface area contributed by atoms with Gasteiger partial charge in [0.1, 0.15) is 5.82 Å². The largest absolute Gasteiger partial charge is 0.369 e. The third-order valence-electron chi connectivity index (χ3n) is 7.05. The van der Waals surface area contributed by atoms with Crippen LogP contribution in [0.4, 0.5) is 10.1 Å². The van der Waals surface area contributed by atoms with E-state index in [0.29, 0.717) is 12.5 Å². The number of anilines is 1. The normalized spacial score (nSPS) is 15.6. The van der Waals surface area contributed by atoms with Crippen LogP contribution in [0.15, 0.2) is 77.3 Å². The summed E-state index contributed by atoms with van der Waals surface area (Å²) in [6.07, 6.45) is 2.93. The lowest BCUT2D eigenvalue weighted by atomic mass is 9.89. The lowest BCUT2D eigenvalue weighted by molar-refractivity contribution is -0.118. The zero-order valence-corrected chi connectivity index (χ0v) is 23.2. The van der Waals surface area contributed by atoms with E-state index in [-0.39, 0.29) is 23.7 Å². The summed E-state index contributed by atoms with van der Waals surface area (Å²) in [6, 6.07) is 23.1. The van der Waals surface area contributed by atoms with Crippen LogP contribution in [-0.4, -0.2) is 30.4 Å². The van der Waals surface area contributed by atoms with Gasteiger partial charge in [0.25, 0.3) is 0 Å². The molecule has 37 heavy (non-hydrogen) atoms. The fourth-order valence-electron chi connectivity index (χ4n) is 4.75. The van der Waals surface area contributed by atoms with Crippen LogP contribution in [-0.2, 0) is 16.1 Å². The van der Waals surface area contributed by atoms with Crippen molar-refractivity contribution in [1.29, 1.82) is 0 Å². The molecule has 3 aromatic carbocycles. The first-order chi connectivity index (χ1) is 17.9. The SMILES string of the molecule is CC(C)C(=O)Nc1cccc(C2CCN(CCC(OCc3ccc(Br)cc3)c3ccc(F)cc3)CC2)c1. The molecular formula is C31H36BrFN2O2. The number of benzene rings is 3. The van der Waals surface area contributed by atoms with E-state index in [0.717, 1.165) is 60.2 Å². The molecule has 1 heterocycles. The van der Waals surface area contributed by atoms with Gasteiger partial charge in [-0.05, 0) is 91.4 Å². The van der Waals surface area contributed by atoms with E-state index >= 15 is 0 Å². The number of nitrogens with zero attached hydrogens (tertiary/aromatic N) is 1. The summed E-state index contributed by atoms with van der Waals surface area (Å²) in [5.41, 5.74) is 4.29. The highest BCUT2D eigenvalue weighted by Crippen LogP contribution is 2.31. The summed E-state index contributed by atoms with van der Waals surface area (Å²) in [7, 11) is 0. The van der Waals surface area contributed by atoms with Crippen molar-refractivity contribution in [2.24, 2.45) is 5.92 Å². The van der Waals surface area contributed by atoms with Gasteiger partial charge < -0.3 is 15.0 Å². The Kier molecular flexibility index (Phi) is 9.89. The second-order valence-electron chi connectivity index (χ2n) is 10.2. The van der Waals surface area contributed by atoms with E-state index in [9.17, 15) is 9.18 Å². The second-order valence-corrected chi connectivity index (χ2v) is 11.1. The molecule has 1 N–H and O–H groups in total. The molecule has 4 nitrogen and oxygen atoms in total. The molecule has 1 unspecified atom stereocenters. The maximum Gasteiger partial charge on any atom is 0.226 e. The number of hydrogen-bond donors (Lipinski definition) is 1. The minimum atomic E-state index is -0.231. The van der Waals surface area contributed by atoms with Crippen LogP contribution in [0, 0.1) is 11.7 Å². The number of nitrogens with one attached hydrogen (secondary N) is 1. The highest BCUT2D eigenvalue weighted by atomic mass is 79.9. The number of piperidine rings is 1. The number of halogens is 2. The predicted octanol–water partition coefficient (Wildman–Crippen LogP) is 7.71. The number of ether oxygens (including phenoxy) is 1. The number of hydrogen-bond acceptors (Lipinski definition) is 3. The van der Waals surface area contributed by atoms with E-state index < -0.39 is 0 Å². The summed E-state index contributed by atoms with van der Waals surface area (Å²) < 4.78 is 20.9. The topological polar surface area (TPSA) is 41.6 Å². The highest BCUT2D eigenvalue weighted by molar-refractivity contribution is 9.10. The van der Waals surface area contributed by atoms with Gasteiger partial charge in [0.05, 0.1) is 12.7 Å². The van der Waals surface area contributed by atoms with E-state index in [1.54, 1.807) is 0 Å². The van der Waals surface area contributed by atoms with E-state index in [4.69, 9.17) is 4.74 Å². The molecule has 3 aromatic rings. The Morgan fingerprint density at radius 2 is 1.76 bits per heavy atom. The Balaban J connectivity index is 1.32. The van der Waals surface area contributed by atoms with Crippen molar-refractivity contribution in [2.75, 3.05) is 25.0 Å². The average molecular weight is 568 g/mol. The van der Waals surface area contributed by atoms with E-state index in [1.165, 1.54) is 17.7 Å². The predicted molar refractivity (Wildman–Crippen MR) is 151 cm³/mol. The van der Waals surface area contributed by atoms with E-state index in [2.05, 4.69) is 50.4 Å². The number of carbonyl (C=O) groups is 1. The summed E-state index contributed by atoms with van der Waals surface area (Å²) in [6.45, 7) is 7.30. The van der Waals surface area contributed by atoms with Crippen LogP contribution in [0.2, 0.25) is 0 Å². The Morgan fingerprint density at radius 3 is 2.43 bits per heavy atom. The van der Waals surface area contributed by atoms with Gasteiger partial charge in [-0.25, -0.2) is 4.39 Å². The third-order valence-corrected chi connectivity index (χ3v) is 7.58. The summed E-state index contributed by atoms with van der Waals surface area (Å²) in [5, 5.41) is 3.02. The van der Waals surface area contributed by atoms with Gasteiger partial charge in [-0.1, -0.05) is 66.2 Å².